The van der Waals surface area contributed by atoms with Crippen molar-refractivity contribution in [3.05, 3.63) is 6.61 Å². The minimum Gasteiger partial charge on any atom is -0.564 e. The summed E-state index contributed by atoms with van der Waals surface area (Å²) < 4.78 is 8.88. The van der Waals surface area contributed by atoms with Crippen molar-refractivity contribution in [2.75, 3.05) is 0 Å². The molecule has 0 radical (unpaired) electrons. The Balaban J connectivity index is -0.000000107. The number of aliphatic hydroxyl groups is 2. The second-order valence-electron chi connectivity index (χ2n) is 1.40. The SMILES string of the molecule is CC(O)[CH-]O.O=P(O)(O)O.[Na+]. The maximum Gasteiger partial charge on any atom is 1.00 e. The zero-order chi connectivity index (χ0) is 8.78. The monoisotopic (exact) mass is 196 g/mol. The van der Waals surface area contributed by atoms with Crippen LogP contribution < -0.4 is 29.6 Å². The van der Waals surface area contributed by atoms with Gasteiger partial charge in [-0.3, -0.25) is 0 Å². The van der Waals surface area contributed by atoms with Crippen molar-refractivity contribution in [2.45, 2.75) is 13.0 Å². The Bertz CT molecular complexity index is 102. The second kappa shape index (κ2) is 9.12. The molecule has 0 saturated heterocycles. The first kappa shape index (κ1) is 17.9. The van der Waals surface area contributed by atoms with Gasteiger partial charge in [0.1, 0.15) is 0 Å². The molecule has 0 aliphatic heterocycles. The van der Waals surface area contributed by atoms with E-state index in [0.717, 1.165) is 6.61 Å². The molecule has 0 aromatic carbocycles. The van der Waals surface area contributed by atoms with Gasteiger partial charge in [-0.25, -0.2) is 4.57 Å². The van der Waals surface area contributed by atoms with Crippen LogP contribution in [0.25, 0.3) is 0 Å². The van der Waals surface area contributed by atoms with Gasteiger partial charge >= 0.3 is 37.4 Å². The summed E-state index contributed by atoms with van der Waals surface area (Å²) >= 11 is 0. The number of hydrogen-bond acceptors (Lipinski definition) is 3. The van der Waals surface area contributed by atoms with Gasteiger partial charge in [0.2, 0.25) is 0 Å². The molecule has 0 aromatic heterocycles. The molecule has 11 heavy (non-hydrogen) atoms. The molecule has 0 amide bonds. The van der Waals surface area contributed by atoms with Crippen LogP contribution in [0, 0.1) is 6.61 Å². The average molecular weight is 196 g/mol. The molecule has 0 aliphatic rings. The van der Waals surface area contributed by atoms with Crippen molar-refractivity contribution in [1.82, 2.24) is 0 Å². The predicted molar refractivity (Wildman–Crippen MR) is 32.2 cm³/mol. The summed E-state index contributed by atoms with van der Waals surface area (Å²) in [6.07, 6.45) is -0.685. The van der Waals surface area contributed by atoms with Crippen LogP contribution >= 0.6 is 7.82 Å². The summed E-state index contributed by atoms with van der Waals surface area (Å²) in [4.78, 5) is 21.6. The molecular formula is C3H10NaO6P. The molecule has 5 N–H and O–H groups in total. The van der Waals surface area contributed by atoms with Crippen LogP contribution in [-0.4, -0.2) is 31.0 Å². The van der Waals surface area contributed by atoms with Gasteiger partial charge in [0, 0.05) is 0 Å². The van der Waals surface area contributed by atoms with Crippen LogP contribution in [0.15, 0.2) is 0 Å². The fourth-order valence-electron chi connectivity index (χ4n) is 0. The molecule has 1 atom stereocenters. The van der Waals surface area contributed by atoms with Crippen molar-refractivity contribution in [2.24, 2.45) is 0 Å². The Morgan fingerprint density at radius 2 is 1.45 bits per heavy atom. The van der Waals surface area contributed by atoms with Gasteiger partial charge in [-0.05, 0) is 6.10 Å². The first-order valence-electron chi connectivity index (χ1n) is 2.21. The van der Waals surface area contributed by atoms with Crippen LogP contribution in [0.3, 0.4) is 0 Å². The molecule has 0 saturated carbocycles. The first-order valence-corrected chi connectivity index (χ1v) is 3.77. The van der Waals surface area contributed by atoms with Gasteiger partial charge < -0.3 is 24.9 Å². The summed E-state index contributed by atoms with van der Waals surface area (Å²) in [5.41, 5.74) is 0. The molecule has 0 spiro atoms. The Morgan fingerprint density at radius 3 is 1.45 bits per heavy atom. The maximum atomic E-state index is 8.88. The maximum absolute atomic E-state index is 8.88. The number of phosphoric acid groups is 1. The van der Waals surface area contributed by atoms with Crippen LogP contribution in [0.5, 0.6) is 0 Å². The quantitative estimate of drug-likeness (QED) is 0.165. The van der Waals surface area contributed by atoms with Crippen LogP contribution in [0.4, 0.5) is 0 Å². The summed E-state index contributed by atoms with van der Waals surface area (Å²) in [6, 6.07) is 0. The molecule has 0 rings (SSSR count). The number of aliphatic hydroxyl groups excluding tert-OH is 2. The molecule has 0 heterocycles. The van der Waals surface area contributed by atoms with E-state index in [0.29, 0.717) is 0 Å². The molecule has 0 bridgehead atoms. The van der Waals surface area contributed by atoms with Gasteiger partial charge in [-0.2, -0.15) is 6.61 Å². The van der Waals surface area contributed by atoms with Crippen LogP contribution in [0.1, 0.15) is 6.92 Å². The van der Waals surface area contributed by atoms with E-state index < -0.39 is 13.9 Å². The Kier molecular flexibility index (Phi) is 14.9. The average Bonchev–Trinajstić information content (AvgIpc) is 1.61. The normalized spacial score (nSPS) is 12.2. The van der Waals surface area contributed by atoms with Gasteiger partial charge in [0.15, 0.2) is 0 Å². The number of rotatable bonds is 1. The Morgan fingerprint density at radius 1 is 1.36 bits per heavy atom. The van der Waals surface area contributed by atoms with E-state index in [-0.39, 0.29) is 29.6 Å². The van der Waals surface area contributed by atoms with E-state index in [1.165, 1.54) is 6.92 Å². The summed E-state index contributed by atoms with van der Waals surface area (Å²) in [5, 5.41) is 15.8. The van der Waals surface area contributed by atoms with E-state index in [2.05, 4.69) is 0 Å². The summed E-state index contributed by atoms with van der Waals surface area (Å²) in [6.45, 7) is 2.19. The third kappa shape index (κ3) is 98.0. The first-order chi connectivity index (χ1) is 4.27. The van der Waals surface area contributed by atoms with E-state index >= 15 is 0 Å². The van der Waals surface area contributed by atoms with Crippen molar-refractivity contribution < 1.29 is 59.0 Å². The molecule has 64 valence electrons. The van der Waals surface area contributed by atoms with E-state index in [1.54, 1.807) is 0 Å². The van der Waals surface area contributed by atoms with Gasteiger partial charge in [-0.1, -0.05) is 6.92 Å². The third-order valence-electron chi connectivity index (χ3n) is 0.216. The van der Waals surface area contributed by atoms with E-state index in [4.69, 9.17) is 29.5 Å². The second-order valence-corrected chi connectivity index (χ2v) is 2.43. The smallest absolute Gasteiger partial charge is 0.564 e. The summed E-state index contributed by atoms with van der Waals surface area (Å²) in [7, 11) is -4.64. The minimum atomic E-state index is -4.64. The Labute approximate surface area is 86.4 Å². The minimum absolute atomic E-state index is 0. The molecule has 0 aromatic rings. The summed E-state index contributed by atoms with van der Waals surface area (Å²) in [5.74, 6) is 0. The topological polar surface area (TPSA) is 118 Å². The van der Waals surface area contributed by atoms with Crippen molar-refractivity contribution in [3.8, 4) is 0 Å². The predicted octanol–water partition coefficient (Wildman–Crippen LogP) is -4.02. The molecule has 0 fully saturated rings. The third-order valence-corrected chi connectivity index (χ3v) is 0.216. The Hall–Kier alpha value is 1.03. The molecular weight excluding hydrogens is 186 g/mol. The van der Waals surface area contributed by atoms with Gasteiger partial charge in [0.25, 0.3) is 0 Å². The molecule has 6 nitrogen and oxygen atoms in total. The fourth-order valence-corrected chi connectivity index (χ4v) is 0. The zero-order valence-electron chi connectivity index (χ0n) is 6.25. The molecule has 0 aliphatic carbocycles. The van der Waals surface area contributed by atoms with Crippen molar-refractivity contribution >= 4 is 7.82 Å². The van der Waals surface area contributed by atoms with Gasteiger partial charge in [-0.15, -0.1) is 0 Å². The van der Waals surface area contributed by atoms with Gasteiger partial charge in [0.05, 0.1) is 0 Å². The van der Waals surface area contributed by atoms with Crippen molar-refractivity contribution in [1.29, 1.82) is 0 Å². The van der Waals surface area contributed by atoms with E-state index in [1.807, 2.05) is 0 Å². The van der Waals surface area contributed by atoms with Crippen LogP contribution in [-0.2, 0) is 4.57 Å². The standard InChI is InChI=1S/C3H7O2.Na.H3O4P/c1-3(5)2-4;;1-5(2,3)4/h2-5H,1H3;;(H3,1,2,3,4)/q-1;+1;. The molecule has 8 heteroatoms. The van der Waals surface area contributed by atoms with Crippen LogP contribution in [0.2, 0.25) is 0 Å². The molecule has 1 unspecified atom stereocenters. The number of hydrogen-bond donors (Lipinski definition) is 5. The zero-order valence-corrected chi connectivity index (χ0v) is 9.14. The fraction of sp³-hybridized carbons (Fsp3) is 0.667. The van der Waals surface area contributed by atoms with Crippen molar-refractivity contribution in [3.63, 3.8) is 0 Å². The largest absolute Gasteiger partial charge is 1.00 e. The van der Waals surface area contributed by atoms with E-state index in [9.17, 15) is 0 Å².